The molecule has 140 valence electrons. The Morgan fingerprint density at radius 3 is 2.81 bits per heavy atom. The lowest BCUT2D eigenvalue weighted by Crippen LogP contribution is -2.28. The molecule has 5 nitrogen and oxygen atoms in total. The fourth-order valence-corrected chi connectivity index (χ4v) is 4.83. The number of anilines is 1. The van der Waals surface area contributed by atoms with Crippen LogP contribution >= 0.6 is 11.3 Å². The Balaban J connectivity index is 1.93. The van der Waals surface area contributed by atoms with Gasteiger partial charge in [-0.25, -0.2) is 4.79 Å². The van der Waals surface area contributed by atoms with Crippen LogP contribution in [0.15, 0.2) is 22.8 Å². The summed E-state index contributed by atoms with van der Waals surface area (Å²) in [4.78, 5) is 25.9. The molecule has 0 aromatic carbocycles. The maximum Gasteiger partial charge on any atom is 0.341 e. The summed E-state index contributed by atoms with van der Waals surface area (Å²) in [6, 6.07) is 3.26. The zero-order valence-electron chi connectivity index (χ0n) is 15.7. The van der Waals surface area contributed by atoms with Gasteiger partial charge in [-0.15, -0.1) is 11.3 Å². The Morgan fingerprint density at radius 2 is 2.19 bits per heavy atom. The summed E-state index contributed by atoms with van der Waals surface area (Å²) in [5.41, 5.74) is 1.78. The lowest BCUT2D eigenvalue weighted by atomic mass is 9.69. The van der Waals surface area contributed by atoms with Crippen LogP contribution in [-0.4, -0.2) is 19.0 Å². The van der Waals surface area contributed by atoms with Crippen molar-refractivity contribution in [3.8, 4) is 0 Å². The van der Waals surface area contributed by atoms with Crippen molar-refractivity contribution in [2.75, 3.05) is 12.4 Å². The van der Waals surface area contributed by atoms with E-state index in [1.165, 1.54) is 29.6 Å². The maximum atomic E-state index is 12.4. The van der Waals surface area contributed by atoms with Gasteiger partial charge in [0.05, 0.1) is 18.9 Å². The minimum Gasteiger partial charge on any atom is -0.465 e. The Bertz CT molecular complexity index is 804. The number of methoxy groups -OCH3 is 1. The number of hydrogen-bond acceptors (Lipinski definition) is 5. The first kappa shape index (κ1) is 18.7. The van der Waals surface area contributed by atoms with Crippen LogP contribution in [0.4, 0.5) is 5.00 Å². The van der Waals surface area contributed by atoms with Crippen LogP contribution < -0.4 is 5.32 Å². The van der Waals surface area contributed by atoms with Crippen molar-refractivity contribution in [2.24, 2.45) is 11.3 Å². The third-order valence-corrected chi connectivity index (χ3v) is 6.81. The van der Waals surface area contributed by atoms with E-state index in [0.29, 0.717) is 16.5 Å². The fraction of sp³-hybridized carbons (Fsp3) is 0.500. The first-order valence-electron chi connectivity index (χ1n) is 8.95. The number of furan rings is 1. The molecule has 1 aliphatic rings. The predicted octanol–water partition coefficient (Wildman–Crippen LogP) is 4.92. The van der Waals surface area contributed by atoms with Crippen molar-refractivity contribution >= 4 is 28.2 Å². The normalized spacial score (nSPS) is 16.8. The Morgan fingerprint density at radius 1 is 1.42 bits per heavy atom. The van der Waals surface area contributed by atoms with Gasteiger partial charge in [0.2, 0.25) is 0 Å². The second-order valence-corrected chi connectivity index (χ2v) is 8.52. The molecule has 1 amide bonds. The van der Waals surface area contributed by atoms with E-state index in [1.807, 2.05) is 0 Å². The summed E-state index contributed by atoms with van der Waals surface area (Å²) in [6.45, 7) is 6.83. The molecule has 2 heterocycles. The van der Waals surface area contributed by atoms with E-state index >= 15 is 0 Å². The molecule has 0 radical (unpaired) electrons. The summed E-state index contributed by atoms with van der Waals surface area (Å²) < 4.78 is 10.1. The van der Waals surface area contributed by atoms with Crippen LogP contribution in [0.3, 0.4) is 0 Å². The summed E-state index contributed by atoms with van der Waals surface area (Å²) in [5.74, 6) is 0.0320. The number of rotatable bonds is 5. The second-order valence-electron chi connectivity index (χ2n) is 7.41. The zero-order chi connectivity index (χ0) is 18.9. The zero-order valence-corrected chi connectivity index (χ0v) is 16.5. The van der Waals surface area contributed by atoms with Crippen molar-refractivity contribution < 1.29 is 18.7 Å². The number of hydrogen-bond donors (Lipinski definition) is 1. The van der Waals surface area contributed by atoms with E-state index in [0.717, 1.165) is 31.2 Å². The van der Waals surface area contributed by atoms with Crippen molar-refractivity contribution in [3.63, 3.8) is 0 Å². The van der Waals surface area contributed by atoms with Crippen LogP contribution in [0.1, 0.15) is 65.0 Å². The van der Waals surface area contributed by atoms with Gasteiger partial charge in [0.25, 0.3) is 5.91 Å². The monoisotopic (exact) mass is 375 g/mol. The van der Waals surface area contributed by atoms with Crippen molar-refractivity contribution in [2.45, 2.75) is 46.5 Å². The highest BCUT2D eigenvalue weighted by Crippen LogP contribution is 2.45. The minimum atomic E-state index is -0.398. The highest BCUT2D eigenvalue weighted by Gasteiger charge is 2.35. The molecule has 6 heteroatoms. The topological polar surface area (TPSA) is 68.5 Å². The average Bonchev–Trinajstić information content (AvgIpc) is 3.28. The summed E-state index contributed by atoms with van der Waals surface area (Å²) in [6.07, 6.45) is 5.37. The number of thiophene rings is 1. The molecule has 0 saturated heterocycles. The van der Waals surface area contributed by atoms with E-state index in [-0.39, 0.29) is 17.1 Å². The van der Waals surface area contributed by atoms with Gasteiger partial charge >= 0.3 is 5.97 Å². The molecule has 2 aromatic rings. The van der Waals surface area contributed by atoms with Gasteiger partial charge in [0.15, 0.2) is 5.76 Å². The molecular formula is C20H25NO4S. The van der Waals surface area contributed by atoms with Crippen molar-refractivity contribution in [1.29, 1.82) is 0 Å². The number of ether oxygens (including phenoxy) is 1. The summed E-state index contributed by atoms with van der Waals surface area (Å²) >= 11 is 1.49. The average molecular weight is 375 g/mol. The summed E-state index contributed by atoms with van der Waals surface area (Å²) in [7, 11) is 1.37. The molecular weight excluding hydrogens is 350 g/mol. The molecule has 2 aromatic heterocycles. The van der Waals surface area contributed by atoms with Gasteiger partial charge in [-0.1, -0.05) is 27.2 Å². The van der Waals surface area contributed by atoms with Gasteiger partial charge < -0.3 is 14.5 Å². The molecule has 26 heavy (non-hydrogen) atoms. The molecule has 3 rings (SSSR count). The van der Waals surface area contributed by atoms with Crippen LogP contribution in [-0.2, 0) is 17.6 Å². The van der Waals surface area contributed by atoms with Crippen LogP contribution in [0.25, 0.3) is 0 Å². The van der Waals surface area contributed by atoms with E-state index in [4.69, 9.17) is 9.15 Å². The first-order valence-corrected chi connectivity index (χ1v) is 9.76. The first-order chi connectivity index (χ1) is 12.4. The SMILES string of the molecule is CCC(C)(C)C1CCc2c(sc(NC(=O)c3ccco3)c2C(=O)OC)C1. The van der Waals surface area contributed by atoms with E-state index < -0.39 is 5.97 Å². The number of carbonyl (C=O) groups is 2. The third-order valence-electron chi connectivity index (χ3n) is 5.64. The highest BCUT2D eigenvalue weighted by molar-refractivity contribution is 7.17. The maximum absolute atomic E-state index is 12.4. The second kappa shape index (κ2) is 7.27. The van der Waals surface area contributed by atoms with Crippen molar-refractivity contribution in [1.82, 2.24) is 0 Å². The molecule has 0 saturated carbocycles. The van der Waals surface area contributed by atoms with E-state index in [2.05, 4.69) is 26.1 Å². The van der Waals surface area contributed by atoms with Gasteiger partial charge in [-0.2, -0.15) is 0 Å². The molecule has 1 unspecified atom stereocenters. The van der Waals surface area contributed by atoms with Crippen LogP contribution in [0, 0.1) is 11.3 Å². The van der Waals surface area contributed by atoms with Gasteiger partial charge in [0, 0.05) is 4.88 Å². The molecule has 1 N–H and O–H groups in total. The smallest absolute Gasteiger partial charge is 0.341 e. The third kappa shape index (κ3) is 3.43. The number of esters is 1. The predicted molar refractivity (Wildman–Crippen MR) is 102 cm³/mol. The van der Waals surface area contributed by atoms with Crippen LogP contribution in [0.2, 0.25) is 0 Å². The molecule has 0 bridgehead atoms. The van der Waals surface area contributed by atoms with Gasteiger partial charge in [-0.05, 0) is 48.3 Å². The molecule has 0 fully saturated rings. The summed E-state index contributed by atoms with van der Waals surface area (Å²) in [5, 5.41) is 3.39. The molecule has 0 aliphatic heterocycles. The lowest BCUT2D eigenvalue weighted by molar-refractivity contribution is 0.0600. The number of fused-ring (bicyclic) bond motifs is 1. The van der Waals surface area contributed by atoms with Gasteiger partial charge in [-0.3, -0.25) is 4.79 Å². The quantitative estimate of drug-likeness (QED) is 0.753. The van der Waals surface area contributed by atoms with E-state index in [1.54, 1.807) is 12.1 Å². The molecule has 1 atom stereocenters. The van der Waals surface area contributed by atoms with E-state index in [9.17, 15) is 9.59 Å². The Hall–Kier alpha value is -2.08. The number of carbonyl (C=O) groups excluding carboxylic acids is 2. The Labute approximate surface area is 157 Å². The molecule has 0 spiro atoms. The van der Waals surface area contributed by atoms with Crippen molar-refractivity contribution in [3.05, 3.63) is 40.2 Å². The Kier molecular flexibility index (Phi) is 5.23. The number of amides is 1. The number of nitrogens with one attached hydrogen (secondary N) is 1. The molecule has 1 aliphatic carbocycles. The largest absolute Gasteiger partial charge is 0.465 e. The fourth-order valence-electron chi connectivity index (χ4n) is 3.52. The van der Waals surface area contributed by atoms with Gasteiger partial charge in [0.1, 0.15) is 5.00 Å². The minimum absolute atomic E-state index is 0.220. The standard InChI is InChI=1S/C20H25NO4S/c1-5-20(2,3)12-8-9-13-15(11-12)26-18(16(13)19(23)24-4)21-17(22)14-7-6-10-25-14/h6-7,10,12H,5,8-9,11H2,1-4H3,(H,21,22). The lowest BCUT2D eigenvalue weighted by Gasteiger charge is -2.36. The highest BCUT2D eigenvalue weighted by atomic mass is 32.1. The van der Waals surface area contributed by atoms with Crippen LogP contribution in [0.5, 0.6) is 0 Å².